The summed E-state index contributed by atoms with van der Waals surface area (Å²) in [7, 11) is 0. The van der Waals surface area contributed by atoms with E-state index in [2.05, 4.69) is 47.0 Å². The summed E-state index contributed by atoms with van der Waals surface area (Å²) in [6, 6.07) is 5.26. The molecule has 1 aliphatic carbocycles. The molecule has 2 aromatic carbocycles. The minimum absolute atomic E-state index is 0.0241. The van der Waals surface area contributed by atoms with Gasteiger partial charge in [-0.3, -0.25) is 9.59 Å². The van der Waals surface area contributed by atoms with Crippen LogP contribution < -0.4 is 15.5 Å². The summed E-state index contributed by atoms with van der Waals surface area (Å²) in [5.74, 6) is 0.569. The third-order valence-corrected chi connectivity index (χ3v) is 4.43. The number of fused-ring (bicyclic) bond motifs is 1. The third kappa shape index (κ3) is 5.52. The quantitative estimate of drug-likeness (QED) is 0.476. The summed E-state index contributed by atoms with van der Waals surface area (Å²) < 4.78 is 43.6. The second-order valence-corrected chi connectivity index (χ2v) is 6.84. The van der Waals surface area contributed by atoms with Gasteiger partial charge in [-0.25, -0.2) is 9.67 Å². The highest BCUT2D eigenvalue weighted by Gasteiger charge is 2.36. The number of carbonyl (C=O) groups excluding carboxylic acids is 1. The number of rotatable bonds is 3. The van der Waals surface area contributed by atoms with Gasteiger partial charge in [0.2, 0.25) is 5.88 Å². The first-order valence-corrected chi connectivity index (χ1v) is 9.74. The fourth-order valence-corrected chi connectivity index (χ4v) is 3.09. The number of hydrogen-bond acceptors (Lipinski definition) is 4. The molecule has 1 aliphatic rings. The van der Waals surface area contributed by atoms with Crippen molar-refractivity contribution in [3.8, 4) is 5.88 Å². The molecule has 1 heterocycles. The van der Waals surface area contributed by atoms with Crippen LogP contribution >= 0.6 is 12.6 Å². The number of nitrogens with zero attached hydrogens (tertiary/aromatic N) is 3. The zero-order valence-corrected chi connectivity index (χ0v) is 17.2. The number of carbonyl (C=O) groups is 1. The molecule has 31 heavy (non-hydrogen) atoms. The second kappa shape index (κ2) is 9.34. The van der Waals surface area contributed by atoms with Crippen LogP contribution in [0.3, 0.4) is 0 Å². The highest BCUT2D eigenvalue weighted by atomic mass is 32.1. The van der Waals surface area contributed by atoms with E-state index in [0.717, 1.165) is 12.5 Å². The standard InChI is InChI=1S/C13H15N3O2S.C8H3F3O/c1-2-18-12-8-10(15-13(17)19)9-14-16(12)11-6-4-3-5-7-11;9-8(10,11)5-3-1-2-4-6(5)7(4)12/h4-9,11H,2-3H2,1H3,(H,17,19);1-3H. The maximum atomic E-state index is 12.1. The smallest absolute Gasteiger partial charge is 0.417 e. The molecular weight excluding hydrogens is 431 g/mol. The number of ether oxygens (including phenoxy) is 1. The highest BCUT2D eigenvalue weighted by Crippen LogP contribution is 2.35. The van der Waals surface area contributed by atoms with Crippen molar-refractivity contribution in [3.05, 3.63) is 75.9 Å². The first-order chi connectivity index (χ1) is 14.7. The van der Waals surface area contributed by atoms with Crippen LogP contribution in [0.4, 0.5) is 18.0 Å². The average molecular weight is 449 g/mol. The maximum absolute atomic E-state index is 12.1. The van der Waals surface area contributed by atoms with E-state index in [1.54, 1.807) is 10.7 Å². The van der Waals surface area contributed by atoms with Crippen molar-refractivity contribution in [2.24, 2.45) is 4.99 Å². The molecule has 0 atom stereocenters. The summed E-state index contributed by atoms with van der Waals surface area (Å²) >= 11 is 3.62. The Morgan fingerprint density at radius 1 is 1.32 bits per heavy atom. The Bertz CT molecular complexity index is 1220. The molecule has 0 unspecified atom stereocenters. The molecule has 1 aromatic heterocycles. The number of thiol groups is 1. The molecule has 0 saturated heterocycles. The van der Waals surface area contributed by atoms with Gasteiger partial charge in [0.15, 0.2) is 5.43 Å². The van der Waals surface area contributed by atoms with E-state index in [1.165, 1.54) is 18.3 Å². The Morgan fingerprint density at radius 2 is 2.03 bits per heavy atom. The van der Waals surface area contributed by atoms with Crippen LogP contribution in [0.5, 0.6) is 5.88 Å². The van der Waals surface area contributed by atoms with Gasteiger partial charge in [0, 0.05) is 16.8 Å². The summed E-state index contributed by atoms with van der Waals surface area (Å²) in [6.07, 6.45) is 6.30. The van der Waals surface area contributed by atoms with Crippen LogP contribution in [0.15, 0.2) is 64.6 Å². The fraction of sp³-hybridized carbons (Fsp3) is 0.238. The van der Waals surface area contributed by atoms with E-state index in [1.807, 2.05) is 6.92 Å². The van der Waals surface area contributed by atoms with Crippen LogP contribution in [-0.4, -0.2) is 21.6 Å². The molecule has 0 spiro atoms. The molecule has 0 radical (unpaired) electrons. The first-order valence-electron chi connectivity index (χ1n) is 9.30. The molecule has 1 amide bonds. The number of halogens is 3. The fourth-order valence-electron chi connectivity index (χ4n) is 2.97. The number of aromatic nitrogens is 2. The molecule has 3 aromatic rings. The molecule has 6 nitrogen and oxygen atoms in total. The molecule has 0 N–H and O–H groups in total. The topological polar surface area (TPSA) is 73.5 Å². The Kier molecular flexibility index (Phi) is 6.79. The summed E-state index contributed by atoms with van der Waals surface area (Å²) in [5.41, 5.74) is -1.29. The van der Waals surface area contributed by atoms with E-state index in [4.69, 9.17) is 4.74 Å². The van der Waals surface area contributed by atoms with Gasteiger partial charge in [-0.1, -0.05) is 49.1 Å². The normalized spacial score (nSPS) is 14.7. The van der Waals surface area contributed by atoms with Crippen molar-refractivity contribution in [2.45, 2.75) is 25.6 Å². The minimum Gasteiger partial charge on any atom is -0.478 e. The maximum Gasteiger partial charge on any atom is 0.417 e. The van der Waals surface area contributed by atoms with Gasteiger partial charge in [0.25, 0.3) is 0 Å². The van der Waals surface area contributed by atoms with E-state index < -0.39 is 22.4 Å². The first kappa shape index (κ1) is 22.5. The van der Waals surface area contributed by atoms with Crippen molar-refractivity contribution >= 4 is 28.6 Å². The monoisotopic (exact) mass is 449 g/mol. The zero-order chi connectivity index (χ0) is 22.6. The number of benzene rings is 1. The predicted octanol–water partition coefficient (Wildman–Crippen LogP) is 4.38. The molecule has 0 aliphatic heterocycles. The van der Waals surface area contributed by atoms with Gasteiger partial charge >= 0.3 is 11.4 Å². The Morgan fingerprint density at radius 3 is 2.61 bits per heavy atom. The highest BCUT2D eigenvalue weighted by molar-refractivity contribution is 7.96. The number of amides is 1. The number of allylic oxidation sites excluding steroid dienone is 4. The summed E-state index contributed by atoms with van der Waals surface area (Å²) in [5, 5.41) is 4.20. The third-order valence-electron chi connectivity index (χ3n) is 4.33. The van der Waals surface area contributed by atoms with E-state index in [9.17, 15) is 22.8 Å². The molecule has 4 rings (SSSR count). The molecule has 10 heteroatoms. The molecule has 0 bridgehead atoms. The van der Waals surface area contributed by atoms with Crippen LogP contribution in [0.2, 0.25) is 0 Å². The molecule has 0 fully saturated rings. The van der Waals surface area contributed by atoms with Gasteiger partial charge in [-0.2, -0.15) is 18.3 Å². The van der Waals surface area contributed by atoms with Crippen molar-refractivity contribution in [1.82, 2.24) is 9.78 Å². The van der Waals surface area contributed by atoms with Crippen molar-refractivity contribution in [1.29, 1.82) is 0 Å². The minimum atomic E-state index is -4.41. The lowest BCUT2D eigenvalue weighted by atomic mass is 10.1. The SMILES string of the molecule is CCOc1cc(=NC(=O)S)cnn1C1C=CCC=C1.O=c1c2cccc(C(F)(F)F)c12. The van der Waals surface area contributed by atoms with Gasteiger partial charge in [0.1, 0.15) is 0 Å². The predicted molar refractivity (Wildman–Crippen MR) is 113 cm³/mol. The van der Waals surface area contributed by atoms with Gasteiger partial charge in [-0.05, 0) is 19.4 Å². The molecule has 162 valence electrons. The van der Waals surface area contributed by atoms with E-state index in [-0.39, 0.29) is 16.8 Å². The van der Waals surface area contributed by atoms with Crippen molar-refractivity contribution in [2.75, 3.05) is 6.61 Å². The van der Waals surface area contributed by atoms with Crippen LogP contribution in [-0.2, 0) is 6.18 Å². The summed E-state index contributed by atoms with van der Waals surface area (Å²) in [4.78, 5) is 25.3. The second-order valence-electron chi connectivity index (χ2n) is 6.46. The Balaban J connectivity index is 0.000000194. The van der Waals surface area contributed by atoms with E-state index in [0.29, 0.717) is 17.8 Å². The van der Waals surface area contributed by atoms with E-state index >= 15 is 0 Å². The zero-order valence-electron chi connectivity index (χ0n) is 16.3. The Labute approximate surface area is 180 Å². The van der Waals surface area contributed by atoms with Gasteiger partial charge in [-0.15, -0.1) is 0 Å². The lowest BCUT2D eigenvalue weighted by molar-refractivity contribution is -0.136. The van der Waals surface area contributed by atoms with Crippen LogP contribution in [0.25, 0.3) is 10.8 Å². The van der Waals surface area contributed by atoms with Crippen LogP contribution in [0, 0.1) is 0 Å². The number of hydrogen-bond donors (Lipinski definition) is 1. The number of alkyl halides is 3. The lowest BCUT2D eigenvalue weighted by Crippen LogP contribution is -2.18. The largest absolute Gasteiger partial charge is 0.478 e. The van der Waals surface area contributed by atoms with Crippen molar-refractivity contribution in [3.63, 3.8) is 0 Å². The molecular formula is C21H18F3N3O3S. The van der Waals surface area contributed by atoms with Crippen molar-refractivity contribution < 1.29 is 22.7 Å². The average Bonchev–Trinajstić information content (AvgIpc) is 3.39. The Hall–Kier alpha value is -3.14. The molecule has 0 saturated carbocycles. The lowest BCUT2D eigenvalue weighted by Gasteiger charge is -2.18. The summed E-state index contributed by atoms with van der Waals surface area (Å²) in [6.45, 7) is 2.41. The van der Waals surface area contributed by atoms with Gasteiger partial charge in [0.05, 0.1) is 29.8 Å². The van der Waals surface area contributed by atoms with Gasteiger partial charge < -0.3 is 4.74 Å². The van der Waals surface area contributed by atoms with Crippen LogP contribution in [0.1, 0.15) is 24.9 Å².